The van der Waals surface area contributed by atoms with E-state index in [0.717, 1.165) is 24.0 Å². The van der Waals surface area contributed by atoms with Crippen molar-refractivity contribution < 1.29 is 29.1 Å². The Morgan fingerprint density at radius 2 is 1.82 bits per heavy atom. The SMILES string of the molecule is COc1ccc(CC2=CN(c3ccc(C(=O)NCC4CCCO4)cc3[N+](=O)[O-])[C@H](C(C)C)C(=O)N2Cc2ccc(O)cc2)cc1. The van der Waals surface area contributed by atoms with Crippen LogP contribution in [0.25, 0.3) is 0 Å². The fraction of sp³-hybridized carbons (Fsp3) is 0.353. The van der Waals surface area contributed by atoms with Crippen molar-refractivity contribution in [2.75, 3.05) is 25.2 Å². The molecular formula is C34H38N4O7. The highest BCUT2D eigenvalue weighted by Gasteiger charge is 2.40. The van der Waals surface area contributed by atoms with Gasteiger partial charge >= 0.3 is 0 Å². The zero-order chi connectivity index (χ0) is 32.1. The summed E-state index contributed by atoms with van der Waals surface area (Å²) in [5, 5.41) is 25.0. The first-order valence-electron chi connectivity index (χ1n) is 15.0. The van der Waals surface area contributed by atoms with Crippen LogP contribution in [0.2, 0.25) is 0 Å². The molecule has 0 aliphatic carbocycles. The quantitative estimate of drug-likeness (QED) is 0.223. The number of carbonyl (C=O) groups is 2. The van der Waals surface area contributed by atoms with Crippen LogP contribution in [0.15, 0.2) is 78.6 Å². The highest BCUT2D eigenvalue weighted by molar-refractivity contribution is 5.96. The molecule has 1 unspecified atom stereocenters. The maximum Gasteiger partial charge on any atom is 0.293 e. The maximum atomic E-state index is 14.3. The molecule has 3 aromatic rings. The van der Waals surface area contributed by atoms with Crippen molar-refractivity contribution in [3.63, 3.8) is 0 Å². The third-order valence-electron chi connectivity index (χ3n) is 8.13. The van der Waals surface area contributed by atoms with Gasteiger partial charge in [0.05, 0.1) is 24.7 Å². The van der Waals surface area contributed by atoms with E-state index >= 15 is 0 Å². The number of nitrogens with one attached hydrogen (secondary N) is 1. The van der Waals surface area contributed by atoms with E-state index < -0.39 is 16.9 Å². The second kappa shape index (κ2) is 13.8. The Morgan fingerprint density at radius 3 is 2.44 bits per heavy atom. The lowest BCUT2D eigenvalue weighted by Crippen LogP contribution is -2.53. The molecule has 1 fully saturated rings. The van der Waals surface area contributed by atoms with Crippen LogP contribution in [0.1, 0.15) is 48.2 Å². The van der Waals surface area contributed by atoms with Gasteiger partial charge in [0.1, 0.15) is 23.2 Å². The molecule has 2 heterocycles. The Balaban J connectivity index is 1.53. The largest absolute Gasteiger partial charge is 0.508 e. The van der Waals surface area contributed by atoms with E-state index in [0.29, 0.717) is 31.0 Å². The number of ether oxygens (including phenoxy) is 2. The smallest absolute Gasteiger partial charge is 0.293 e. The van der Waals surface area contributed by atoms with Crippen molar-refractivity contribution >= 4 is 23.2 Å². The minimum atomic E-state index is -0.750. The molecule has 2 N–H and O–H groups in total. The van der Waals surface area contributed by atoms with Crippen molar-refractivity contribution in [2.45, 2.75) is 51.8 Å². The van der Waals surface area contributed by atoms with Crippen LogP contribution in [0, 0.1) is 16.0 Å². The number of allylic oxidation sites excluding steroid dienone is 1. The minimum Gasteiger partial charge on any atom is -0.508 e. The Hall–Kier alpha value is -4.90. The highest BCUT2D eigenvalue weighted by atomic mass is 16.6. The molecule has 2 aliphatic heterocycles. The fourth-order valence-corrected chi connectivity index (χ4v) is 5.76. The number of methoxy groups -OCH3 is 1. The summed E-state index contributed by atoms with van der Waals surface area (Å²) in [5.41, 5.74) is 2.49. The van der Waals surface area contributed by atoms with E-state index in [9.17, 15) is 24.8 Å². The zero-order valence-electron chi connectivity index (χ0n) is 25.6. The molecule has 2 aliphatic rings. The molecule has 0 bridgehead atoms. The van der Waals surface area contributed by atoms with E-state index in [1.165, 1.54) is 6.07 Å². The third kappa shape index (κ3) is 7.26. The zero-order valence-corrected chi connectivity index (χ0v) is 25.6. The molecule has 236 valence electrons. The monoisotopic (exact) mass is 614 g/mol. The minimum absolute atomic E-state index is 0.0619. The standard InChI is InChI=1S/C34H38N4O7/c1-22(2)32-34(41)36(20-24-6-11-27(39)12-7-24)26(17-23-8-13-28(44-3)14-9-23)21-37(32)30-15-10-25(18-31(30)38(42)43)33(40)35-19-29-5-4-16-45-29/h6-15,18,21-22,29,32,39H,4-5,16-17,19-20H2,1-3H3,(H,35,40)/t29?,32-/m1/s1. The van der Waals surface area contributed by atoms with Crippen LogP contribution < -0.4 is 15.0 Å². The van der Waals surface area contributed by atoms with Gasteiger partial charge in [0.25, 0.3) is 11.6 Å². The summed E-state index contributed by atoms with van der Waals surface area (Å²) in [6.07, 6.45) is 3.90. The van der Waals surface area contributed by atoms with Gasteiger partial charge in [-0.25, -0.2) is 0 Å². The number of phenolic OH excluding ortho intramolecular Hbond substituents is 1. The van der Waals surface area contributed by atoms with Crippen molar-refractivity contribution in [3.8, 4) is 11.5 Å². The summed E-state index contributed by atoms with van der Waals surface area (Å²) in [4.78, 5) is 42.5. The number of phenols is 1. The molecular weight excluding hydrogens is 576 g/mol. The predicted octanol–water partition coefficient (Wildman–Crippen LogP) is 5.18. The van der Waals surface area contributed by atoms with E-state index in [2.05, 4.69) is 5.32 Å². The van der Waals surface area contributed by atoms with Gasteiger partial charge in [-0.2, -0.15) is 0 Å². The number of nitro groups is 1. The van der Waals surface area contributed by atoms with E-state index in [1.807, 2.05) is 38.1 Å². The summed E-state index contributed by atoms with van der Waals surface area (Å²) in [7, 11) is 1.59. The maximum absolute atomic E-state index is 14.3. The lowest BCUT2D eigenvalue weighted by molar-refractivity contribution is -0.384. The number of benzene rings is 3. The second-order valence-corrected chi connectivity index (χ2v) is 11.6. The molecule has 11 nitrogen and oxygen atoms in total. The van der Waals surface area contributed by atoms with Gasteiger partial charge in [0, 0.05) is 43.1 Å². The van der Waals surface area contributed by atoms with Gasteiger partial charge < -0.3 is 29.7 Å². The Bertz CT molecular complexity index is 1560. The number of nitro benzene ring substituents is 1. The number of hydrogen-bond acceptors (Lipinski definition) is 8. The molecule has 45 heavy (non-hydrogen) atoms. The van der Waals surface area contributed by atoms with Crippen molar-refractivity contribution in [1.82, 2.24) is 10.2 Å². The number of anilines is 1. The summed E-state index contributed by atoms with van der Waals surface area (Å²) in [6.45, 7) is 5.04. The number of carbonyl (C=O) groups excluding carboxylic acids is 2. The molecule has 0 spiro atoms. The number of aromatic hydroxyl groups is 1. The fourth-order valence-electron chi connectivity index (χ4n) is 5.76. The molecule has 2 atom stereocenters. The predicted molar refractivity (Wildman–Crippen MR) is 169 cm³/mol. The number of hydrogen-bond donors (Lipinski definition) is 2. The summed E-state index contributed by atoms with van der Waals surface area (Å²) in [5.74, 6) is -0.0267. The lowest BCUT2D eigenvalue weighted by Gasteiger charge is -2.42. The van der Waals surface area contributed by atoms with Crippen LogP contribution in [0.5, 0.6) is 11.5 Å². The van der Waals surface area contributed by atoms with Gasteiger partial charge in [-0.1, -0.05) is 38.1 Å². The van der Waals surface area contributed by atoms with Gasteiger partial charge in [-0.15, -0.1) is 0 Å². The van der Waals surface area contributed by atoms with Crippen molar-refractivity contribution in [2.24, 2.45) is 5.92 Å². The Kier molecular flexibility index (Phi) is 9.68. The Morgan fingerprint density at radius 1 is 1.11 bits per heavy atom. The average molecular weight is 615 g/mol. The molecule has 3 aromatic carbocycles. The molecule has 2 amide bonds. The molecule has 0 saturated carbocycles. The second-order valence-electron chi connectivity index (χ2n) is 11.6. The van der Waals surface area contributed by atoms with Crippen molar-refractivity contribution in [3.05, 3.63) is 105 Å². The topological polar surface area (TPSA) is 134 Å². The number of rotatable bonds is 11. The summed E-state index contributed by atoms with van der Waals surface area (Å²) < 4.78 is 10.9. The summed E-state index contributed by atoms with van der Waals surface area (Å²) in [6, 6.07) is 17.8. The van der Waals surface area contributed by atoms with Crippen LogP contribution in [0.3, 0.4) is 0 Å². The molecule has 1 saturated heterocycles. The lowest BCUT2D eigenvalue weighted by atomic mass is 9.95. The number of nitrogens with zero attached hydrogens (tertiary/aromatic N) is 3. The van der Waals surface area contributed by atoms with Gasteiger partial charge in [0.2, 0.25) is 5.91 Å². The average Bonchev–Trinajstić information content (AvgIpc) is 3.56. The van der Waals surface area contributed by atoms with Gasteiger partial charge in [-0.05, 0) is 66.3 Å². The molecule has 5 rings (SSSR count). The van der Waals surface area contributed by atoms with E-state index in [-0.39, 0.29) is 47.2 Å². The number of amides is 2. The van der Waals surface area contributed by atoms with Crippen LogP contribution >= 0.6 is 0 Å². The van der Waals surface area contributed by atoms with Crippen LogP contribution in [-0.2, 0) is 22.5 Å². The van der Waals surface area contributed by atoms with Gasteiger partial charge in [0.15, 0.2) is 0 Å². The molecule has 0 aromatic heterocycles. The van der Waals surface area contributed by atoms with Crippen LogP contribution in [-0.4, -0.2) is 59.2 Å². The first kappa shape index (κ1) is 31.5. The van der Waals surface area contributed by atoms with Crippen LogP contribution in [0.4, 0.5) is 11.4 Å². The first-order valence-corrected chi connectivity index (χ1v) is 15.0. The molecule has 0 radical (unpaired) electrons. The highest BCUT2D eigenvalue weighted by Crippen LogP contribution is 2.37. The molecule has 11 heteroatoms. The van der Waals surface area contributed by atoms with Gasteiger partial charge in [-0.3, -0.25) is 19.7 Å². The summed E-state index contributed by atoms with van der Waals surface area (Å²) >= 11 is 0. The van der Waals surface area contributed by atoms with Crippen molar-refractivity contribution in [1.29, 1.82) is 0 Å². The van der Waals surface area contributed by atoms with E-state index in [1.54, 1.807) is 59.5 Å². The normalized spacial score (nSPS) is 18.2. The third-order valence-corrected chi connectivity index (χ3v) is 8.13. The Labute approximate surface area is 262 Å². The first-order chi connectivity index (χ1) is 21.6. The van der Waals surface area contributed by atoms with E-state index in [4.69, 9.17) is 9.47 Å².